The average Bonchev–Trinajstić information content (AvgIpc) is 2.61. The lowest BCUT2D eigenvalue weighted by Gasteiger charge is -2.31. The summed E-state index contributed by atoms with van der Waals surface area (Å²) < 4.78 is 16.1. The van der Waals surface area contributed by atoms with Crippen LogP contribution in [-0.2, 0) is 9.53 Å². The molecule has 1 fully saturated rings. The first-order chi connectivity index (χ1) is 12.0. The molecule has 0 radical (unpaired) electrons. The Morgan fingerprint density at radius 1 is 1.16 bits per heavy atom. The maximum Gasteiger partial charge on any atom is 0.246 e. The molecule has 8 nitrogen and oxygen atoms in total. The molecule has 0 aromatic carbocycles. The molecule has 0 aliphatic carbocycles. The molecular weight excluding hydrogens is 324 g/mol. The summed E-state index contributed by atoms with van der Waals surface area (Å²) in [5.74, 6) is 1.26. The molecule has 1 aliphatic rings. The third kappa shape index (κ3) is 4.94. The van der Waals surface area contributed by atoms with E-state index in [1.165, 1.54) is 14.2 Å². The van der Waals surface area contributed by atoms with Crippen molar-refractivity contribution in [2.45, 2.75) is 39.2 Å². The van der Waals surface area contributed by atoms with Crippen molar-refractivity contribution in [3.63, 3.8) is 0 Å². The number of ether oxygens (including phenoxy) is 3. The molecule has 0 atom stereocenters. The van der Waals surface area contributed by atoms with Gasteiger partial charge < -0.3 is 24.4 Å². The van der Waals surface area contributed by atoms with E-state index in [1.54, 1.807) is 7.11 Å². The van der Waals surface area contributed by atoms with Gasteiger partial charge in [-0.15, -0.1) is 0 Å². The van der Waals surface area contributed by atoms with Crippen molar-refractivity contribution in [1.29, 1.82) is 0 Å². The first kappa shape index (κ1) is 19.2. The molecule has 0 spiro atoms. The predicted molar refractivity (Wildman–Crippen MR) is 95.5 cm³/mol. The topological polar surface area (TPSA) is 85.8 Å². The molecule has 1 aromatic heterocycles. The molecule has 25 heavy (non-hydrogen) atoms. The molecule has 0 bridgehead atoms. The van der Waals surface area contributed by atoms with Crippen molar-refractivity contribution in [3.8, 4) is 11.8 Å². The predicted octanol–water partition coefficient (Wildman–Crippen LogP) is 2.09. The minimum atomic E-state index is -0.121. The van der Waals surface area contributed by atoms with Crippen LogP contribution in [0.1, 0.15) is 33.1 Å². The van der Waals surface area contributed by atoms with E-state index in [-0.39, 0.29) is 17.9 Å². The third-order valence-corrected chi connectivity index (χ3v) is 4.13. The second-order valence-corrected chi connectivity index (χ2v) is 6.49. The fourth-order valence-corrected chi connectivity index (χ4v) is 2.81. The lowest BCUT2D eigenvalue weighted by atomic mass is 10.1. The number of amides is 1. The SMILES string of the molecule is COc1nc(N2CCC(OC)CC2)nc(OC)c1NC(=O)CC(C)C. The van der Waals surface area contributed by atoms with Crippen molar-refractivity contribution in [2.75, 3.05) is 44.6 Å². The number of carbonyl (C=O) groups is 1. The van der Waals surface area contributed by atoms with Crippen LogP contribution in [0, 0.1) is 5.92 Å². The number of hydrogen-bond acceptors (Lipinski definition) is 7. The van der Waals surface area contributed by atoms with Crippen LogP contribution >= 0.6 is 0 Å². The smallest absolute Gasteiger partial charge is 0.246 e. The van der Waals surface area contributed by atoms with E-state index in [9.17, 15) is 4.79 Å². The van der Waals surface area contributed by atoms with Crippen LogP contribution in [0.4, 0.5) is 11.6 Å². The molecule has 1 amide bonds. The molecule has 0 saturated carbocycles. The van der Waals surface area contributed by atoms with E-state index in [1.807, 2.05) is 13.8 Å². The van der Waals surface area contributed by atoms with Gasteiger partial charge in [-0.2, -0.15) is 9.97 Å². The Hall–Kier alpha value is -2.09. The van der Waals surface area contributed by atoms with E-state index in [0.29, 0.717) is 29.8 Å². The minimum absolute atomic E-state index is 0.121. The van der Waals surface area contributed by atoms with Crippen LogP contribution in [0.5, 0.6) is 11.8 Å². The Balaban J connectivity index is 2.23. The van der Waals surface area contributed by atoms with Gasteiger partial charge in [0.2, 0.25) is 23.6 Å². The van der Waals surface area contributed by atoms with Gasteiger partial charge in [0.15, 0.2) is 5.69 Å². The van der Waals surface area contributed by atoms with Gasteiger partial charge in [-0.05, 0) is 18.8 Å². The molecule has 1 aromatic rings. The normalized spacial score (nSPS) is 15.4. The lowest BCUT2D eigenvalue weighted by molar-refractivity contribution is -0.116. The summed E-state index contributed by atoms with van der Waals surface area (Å²) in [5, 5.41) is 2.81. The van der Waals surface area contributed by atoms with Crippen molar-refractivity contribution >= 4 is 17.5 Å². The quantitative estimate of drug-likeness (QED) is 0.804. The minimum Gasteiger partial charge on any atom is -0.479 e. The number of rotatable bonds is 7. The molecule has 1 aliphatic heterocycles. The Morgan fingerprint density at radius 2 is 1.72 bits per heavy atom. The molecule has 2 rings (SSSR count). The summed E-state index contributed by atoms with van der Waals surface area (Å²) >= 11 is 0. The number of carbonyl (C=O) groups excluding carboxylic acids is 1. The fraction of sp³-hybridized carbons (Fsp3) is 0.706. The van der Waals surface area contributed by atoms with Gasteiger partial charge in [-0.25, -0.2) is 0 Å². The van der Waals surface area contributed by atoms with E-state index in [0.717, 1.165) is 25.9 Å². The van der Waals surface area contributed by atoms with E-state index in [2.05, 4.69) is 20.2 Å². The monoisotopic (exact) mass is 352 g/mol. The summed E-state index contributed by atoms with van der Waals surface area (Å²) in [6.07, 6.45) is 2.50. The molecule has 1 N–H and O–H groups in total. The summed E-state index contributed by atoms with van der Waals surface area (Å²) in [4.78, 5) is 23.1. The van der Waals surface area contributed by atoms with E-state index >= 15 is 0 Å². The molecule has 0 unspecified atom stereocenters. The van der Waals surface area contributed by atoms with Crippen LogP contribution < -0.4 is 19.7 Å². The van der Waals surface area contributed by atoms with Crippen LogP contribution in [-0.4, -0.2) is 56.4 Å². The molecule has 140 valence electrons. The van der Waals surface area contributed by atoms with Gasteiger partial charge in [-0.1, -0.05) is 13.8 Å². The standard InChI is InChI=1S/C17H28N4O4/c1-11(2)10-13(22)18-14-15(24-4)19-17(20-16(14)25-5)21-8-6-12(23-3)7-9-21/h11-12H,6-10H2,1-5H3,(H,18,22). The number of nitrogens with one attached hydrogen (secondary N) is 1. The van der Waals surface area contributed by atoms with Gasteiger partial charge >= 0.3 is 0 Å². The highest BCUT2D eigenvalue weighted by atomic mass is 16.5. The van der Waals surface area contributed by atoms with E-state index in [4.69, 9.17) is 14.2 Å². The van der Waals surface area contributed by atoms with Gasteiger partial charge in [0.25, 0.3) is 0 Å². The highest BCUT2D eigenvalue weighted by Gasteiger charge is 2.25. The summed E-state index contributed by atoms with van der Waals surface area (Å²) in [7, 11) is 4.76. The number of aromatic nitrogens is 2. The Labute approximate surface area is 148 Å². The van der Waals surface area contributed by atoms with Crippen LogP contribution in [0.3, 0.4) is 0 Å². The van der Waals surface area contributed by atoms with E-state index < -0.39 is 0 Å². The van der Waals surface area contributed by atoms with Crippen molar-refractivity contribution in [3.05, 3.63) is 0 Å². The highest BCUT2D eigenvalue weighted by molar-refractivity contribution is 5.93. The maximum absolute atomic E-state index is 12.1. The number of piperidine rings is 1. The van der Waals surface area contributed by atoms with Crippen molar-refractivity contribution in [1.82, 2.24) is 9.97 Å². The second-order valence-electron chi connectivity index (χ2n) is 6.49. The van der Waals surface area contributed by atoms with Crippen LogP contribution in [0.15, 0.2) is 0 Å². The lowest BCUT2D eigenvalue weighted by Crippen LogP contribution is -2.37. The zero-order valence-corrected chi connectivity index (χ0v) is 15.7. The zero-order valence-electron chi connectivity index (χ0n) is 15.7. The Kier molecular flexibility index (Phi) is 6.81. The Bertz CT molecular complexity index is 561. The first-order valence-corrected chi connectivity index (χ1v) is 8.56. The number of hydrogen-bond donors (Lipinski definition) is 1. The molecule has 8 heteroatoms. The van der Waals surface area contributed by atoms with Crippen molar-refractivity contribution in [2.24, 2.45) is 5.92 Å². The largest absolute Gasteiger partial charge is 0.479 e. The van der Waals surface area contributed by atoms with Crippen molar-refractivity contribution < 1.29 is 19.0 Å². The van der Waals surface area contributed by atoms with Crippen LogP contribution in [0.25, 0.3) is 0 Å². The molecule has 1 saturated heterocycles. The Morgan fingerprint density at radius 3 is 2.16 bits per heavy atom. The maximum atomic E-state index is 12.1. The fourth-order valence-electron chi connectivity index (χ4n) is 2.81. The average molecular weight is 352 g/mol. The zero-order chi connectivity index (χ0) is 18.4. The number of nitrogens with zero attached hydrogens (tertiary/aromatic N) is 3. The van der Waals surface area contributed by atoms with Gasteiger partial charge in [0.05, 0.1) is 20.3 Å². The molecular formula is C17H28N4O4. The highest BCUT2D eigenvalue weighted by Crippen LogP contribution is 2.34. The summed E-state index contributed by atoms with van der Waals surface area (Å²) in [5.41, 5.74) is 0.367. The van der Waals surface area contributed by atoms with Gasteiger partial charge in [-0.3, -0.25) is 4.79 Å². The van der Waals surface area contributed by atoms with Gasteiger partial charge in [0.1, 0.15) is 0 Å². The third-order valence-electron chi connectivity index (χ3n) is 4.13. The van der Waals surface area contributed by atoms with Gasteiger partial charge in [0, 0.05) is 26.6 Å². The number of methoxy groups -OCH3 is 3. The second kappa shape index (κ2) is 8.84. The van der Waals surface area contributed by atoms with Crippen LogP contribution in [0.2, 0.25) is 0 Å². The molecule has 2 heterocycles. The number of anilines is 2. The first-order valence-electron chi connectivity index (χ1n) is 8.56. The summed E-state index contributed by atoms with van der Waals surface area (Å²) in [6.45, 7) is 5.56. The summed E-state index contributed by atoms with van der Waals surface area (Å²) in [6, 6.07) is 0.